The van der Waals surface area contributed by atoms with Gasteiger partial charge in [-0.25, -0.2) is 0 Å². The lowest BCUT2D eigenvalue weighted by Gasteiger charge is -2.27. The molecule has 0 aromatic carbocycles. The van der Waals surface area contributed by atoms with E-state index in [0.29, 0.717) is 0 Å². The van der Waals surface area contributed by atoms with Crippen molar-refractivity contribution in [2.45, 2.75) is 45.3 Å². The molecule has 0 aromatic heterocycles. The van der Waals surface area contributed by atoms with Crippen LogP contribution in [0.4, 0.5) is 13.2 Å². The summed E-state index contributed by atoms with van der Waals surface area (Å²) < 4.78 is 59.8. The van der Waals surface area contributed by atoms with Gasteiger partial charge in [-0.1, -0.05) is 0 Å². The maximum atomic E-state index is 12.0. The Morgan fingerprint density at radius 3 is 1.75 bits per heavy atom. The number of hydrogen-bond donors (Lipinski definition) is 0. The van der Waals surface area contributed by atoms with Gasteiger partial charge in [-0.2, -0.15) is 21.6 Å². The van der Waals surface area contributed by atoms with Gasteiger partial charge >= 0.3 is 15.5 Å². The van der Waals surface area contributed by atoms with Crippen LogP contribution in [0.1, 0.15) is 27.7 Å². The summed E-state index contributed by atoms with van der Waals surface area (Å²) in [5, 5.41) is 0. The quantitative estimate of drug-likeness (QED) is 0.573. The molecule has 0 fully saturated rings. The maximum Gasteiger partial charge on any atom is 0.518 e. The number of hydrogen-bond acceptors (Lipinski definition) is 2. The Morgan fingerprint density at radius 1 is 1.12 bits per heavy atom. The highest BCUT2D eigenvalue weighted by Crippen LogP contribution is 2.24. The number of halogens is 3. The molecule has 0 rings (SSSR count). The average Bonchev–Trinajstić information content (AvgIpc) is 1.99. The van der Waals surface area contributed by atoms with E-state index >= 15 is 0 Å². The predicted octanol–water partition coefficient (Wildman–Crippen LogP) is 1.98. The van der Waals surface area contributed by atoms with Crippen molar-refractivity contribution in [1.82, 2.24) is 4.90 Å². The molecule has 0 aliphatic carbocycles. The van der Waals surface area contributed by atoms with Gasteiger partial charge in [0.2, 0.25) is 0 Å². The van der Waals surface area contributed by atoms with Gasteiger partial charge < -0.3 is 4.90 Å². The van der Waals surface area contributed by atoms with Crippen molar-refractivity contribution in [2.75, 3.05) is 0 Å². The first-order valence-corrected chi connectivity index (χ1v) is 6.07. The van der Waals surface area contributed by atoms with Crippen molar-refractivity contribution in [3.8, 4) is 0 Å². The molecule has 0 amide bonds. The monoisotopic (exact) mass is 260 g/mol. The summed E-state index contributed by atoms with van der Waals surface area (Å²) >= 11 is 0. The number of alkyl halides is 3. The van der Waals surface area contributed by atoms with Crippen molar-refractivity contribution < 1.29 is 21.6 Å². The number of rotatable bonds is 4. The lowest BCUT2D eigenvalue weighted by Crippen LogP contribution is -2.36. The Kier molecular flexibility index (Phi) is 4.78. The molecule has 8 heteroatoms. The zero-order valence-corrected chi connectivity index (χ0v) is 10.3. The second-order valence-corrected chi connectivity index (χ2v) is 5.40. The van der Waals surface area contributed by atoms with Gasteiger partial charge in [0, 0.05) is 12.1 Å². The predicted molar refractivity (Wildman–Crippen MR) is 55.6 cm³/mol. The molecule has 0 aliphatic rings. The molecule has 0 radical (unpaired) electrons. The molecule has 0 atom stereocenters. The third-order valence-corrected chi connectivity index (χ3v) is 2.76. The first-order valence-electron chi connectivity index (χ1n) is 4.63. The molecule has 0 N–H and O–H groups in total. The Morgan fingerprint density at radius 2 is 1.50 bits per heavy atom. The molecule has 0 saturated heterocycles. The van der Waals surface area contributed by atoms with Crippen molar-refractivity contribution in [3.05, 3.63) is 0 Å². The van der Waals surface area contributed by atoms with E-state index in [1.165, 1.54) is 4.90 Å². The SMILES string of the molecule is CC(C)N(/C=N/S(=O)(=O)C(F)(F)F)C(C)C. The largest absolute Gasteiger partial charge is 0.518 e. The van der Waals surface area contributed by atoms with Gasteiger partial charge in [-0.05, 0) is 27.7 Å². The Balaban J connectivity index is 4.97. The van der Waals surface area contributed by atoms with E-state index in [1.807, 2.05) is 0 Å². The minimum absolute atomic E-state index is 0.132. The van der Waals surface area contributed by atoms with Crippen LogP contribution in [0.25, 0.3) is 0 Å². The van der Waals surface area contributed by atoms with Crippen LogP contribution in [0.5, 0.6) is 0 Å². The van der Waals surface area contributed by atoms with E-state index in [1.54, 1.807) is 27.7 Å². The van der Waals surface area contributed by atoms with Crippen LogP contribution in [0, 0.1) is 0 Å². The lowest BCUT2D eigenvalue weighted by molar-refractivity contribution is -0.0435. The summed E-state index contributed by atoms with van der Waals surface area (Å²) in [6.07, 6.45) is 0.720. The topological polar surface area (TPSA) is 49.7 Å². The second kappa shape index (κ2) is 5.03. The average molecular weight is 260 g/mol. The van der Waals surface area contributed by atoms with Gasteiger partial charge in [0.05, 0.1) is 0 Å². The van der Waals surface area contributed by atoms with E-state index in [4.69, 9.17) is 0 Å². The molecule has 16 heavy (non-hydrogen) atoms. The van der Waals surface area contributed by atoms with E-state index in [-0.39, 0.29) is 12.1 Å². The van der Waals surface area contributed by atoms with E-state index in [2.05, 4.69) is 4.40 Å². The second-order valence-electron chi connectivity index (χ2n) is 3.78. The minimum Gasteiger partial charge on any atom is -0.357 e. The summed E-state index contributed by atoms with van der Waals surface area (Å²) in [6.45, 7) is 6.91. The summed E-state index contributed by atoms with van der Waals surface area (Å²) in [5.74, 6) is 0. The summed E-state index contributed by atoms with van der Waals surface area (Å²) in [7, 11) is -5.43. The normalized spacial score (nSPS) is 14.1. The van der Waals surface area contributed by atoms with Crippen LogP contribution in [0.3, 0.4) is 0 Å². The van der Waals surface area contributed by atoms with Crippen molar-refractivity contribution >= 4 is 16.4 Å². The number of sulfonamides is 1. The van der Waals surface area contributed by atoms with Gasteiger partial charge in [0.25, 0.3) is 0 Å². The van der Waals surface area contributed by atoms with Crippen LogP contribution in [-0.2, 0) is 10.0 Å². The van der Waals surface area contributed by atoms with Gasteiger partial charge in [0.15, 0.2) is 0 Å². The third-order valence-electron chi connectivity index (χ3n) is 1.80. The van der Waals surface area contributed by atoms with Crippen LogP contribution >= 0.6 is 0 Å². The molecule has 0 saturated carbocycles. The van der Waals surface area contributed by atoms with Crippen molar-refractivity contribution in [3.63, 3.8) is 0 Å². The first kappa shape index (κ1) is 15.2. The Hall–Kier alpha value is -0.790. The molecule has 4 nitrogen and oxygen atoms in total. The molecule has 0 aliphatic heterocycles. The van der Waals surface area contributed by atoms with Crippen LogP contribution in [0.2, 0.25) is 0 Å². The lowest BCUT2D eigenvalue weighted by atomic mass is 10.2. The standard InChI is InChI=1S/C8H15F3N2O2S/c1-6(2)13(7(3)4)5-12-16(14,15)8(9,10)11/h5-7H,1-4H3/b12-5+. The van der Waals surface area contributed by atoms with Gasteiger partial charge in [-0.3, -0.25) is 0 Å². The number of nitrogens with zero attached hydrogens (tertiary/aromatic N) is 2. The summed E-state index contributed by atoms with van der Waals surface area (Å²) in [6, 6.07) is -0.264. The molecule has 96 valence electrons. The van der Waals surface area contributed by atoms with Crippen LogP contribution in [0.15, 0.2) is 4.40 Å². The molecule has 0 unspecified atom stereocenters. The molecule has 0 aromatic rings. The Bertz CT molecular complexity index is 339. The van der Waals surface area contributed by atoms with Gasteiger partial charge in [0.1, 0.15) is 6.34 Å². The zero-order valence-electron chi connectivity index (χ0n) is 9.49. The minimum atomic E-state index is -5.43. The van der Waals surface area contributed by atoms with Crippen molar-refractivity contribution in [2.24, 2.45) is 4.40 Å². The highest BCUT2D eigenvalue weighted by Gasteiger charge is 2.45. The van der Waals surface area contributed by atoms with E-state index in [0.717, 1.165) is 6.34 Å². The highest BCUT2D eigenvalue weighted by atomic mass is 32.2. The summed E-state index contributed by atoms with van der Waals surface area (Å²) in [5.41, 5.74) is -5.34. The zero-order chi connectivity index (χ0) is 13.1. The third kappa shape index (κ3) is 3.99. The molecule has 0 bridgehead atoms. The fourth-order valence-corrected chi connectivity index (χ4v) is 1.39. The molecule has 0 heterocycles. The van der Waals surface area contributed by atoms with Crippen LogP contribution < -0.4 is 0 Å². The van der Waals surface area contributed by atoms with Crippen molar-refractivity contribution in [1.29, 1.82) is 0 Å². The fourth-order valence-electron chi connectivity index (χ4n) is 1.04. The molecule has 0 spiro atoms. The smallest absolute Gasteiger partial charge is 0.357 e. The molecular weight excluding hydrogens is 245 g/mol. The van der Waals surface area contributed by atoms with E-state index < -0.39 is 15.5 Å². The maximum absolute atomic E-state index is 12.0. The fraction of sp³-hybridized carbons (Fsp3) is 0.875. The van der Waals surface area contributed by atoms with E-state index in [9.17, 15) is 21.6 Å². The first-order chi connectivity index (χ1) is 6.99. The Labute approximate surface area is 93.2 Å². The molecular formula is C8H15F3N2O2S. The van der Waals surface area contributed by atoms with Crippen LogP contribution in [-0.4, -0.2) is 37.2 Å². The van der Waals surface area contributed by atoms with Gasteiger partial charge in [-0.15, -0.1) is 4.40 Å². The highest BCUT2D eigenvalue weighted by molar-refractivity contribution is 7.91. The summed E-state index contributed by atoms with van der Waals surface area (Å²) in [4.78, 5) is 1.42.